The number of benzene rings is 1. The molecule has 1 aliphatic rings. The minimum Gasteiger partial charge on any atom is -0.377 e. The van der Waals surface area contributed by atoms with Gasteiger partial charge in [-0.05, 0) is 30.9 Å². The first kappa shape index (κ1) is 30.6. The lowest BCUT2D eigenvalue weighted by Crippen LogP contribution is -2.55. The molecule has 1 amide bonds. The number of carbonyl (C=O) groups is 4. The Balaban J connectivity index is 2.14. The summed E-state index contributed by atoms with van der Waals surface area (Å²) in [5, 5.41) is 0. The number of halogens is 2. The van der Waals surface area contributed by atoms with Gasteiger partial charge in [0.05, 0.1) is 13.2 Å². The molecule has 37 heavy (non-hydrogen) atoms. The van der Waals surface area contributed by atoms with Crippen LogP contribution in [0, 0.1) is 17.8 Å². The standard InChI is InChI=1S/C26H36BrFN4O5/c1-16(2)20(13-22(33)17-5-7-19(27)8-6-17)25(36)32-10-11-37-15-21(32)23(34)12-18(24(35)14-28)4-3-9-31-26(29)30/h5-8,16,18,20-21H,3-4,9-15H2,1-2H3,(H4,29,30,31)/t18-,20+,21+/m1/s1. The summed E-state index contributed by atoms with van der Waals surface area (Å²) in [6.07, 6.45) is 0.429. The second kappa shape index (κ2) is 14.9. The van der Waals surface area contributed by atoms with Gasteiger partial charge in [-0.1, -0.05) is 41.9 Å². The van der Waals surface area contributed by atoms with Crippen LogP contribution in [0.1, 0.15) is 49.9 Å². The smallest absolute Gasteiger partial charge is 0.227 e. The van der Waals surface area contributed by atoms with E-state index in [-0.39, 0.29) is 74.9 Å². The number of aliphatic imine (C=N–C) groups is 1. The number of carbonyl (C=O) groups excluding carboxylic acids is 4. The summed E-state index contributed by atoms with van der Waals surface area (Å²) in [6, 6.07) is 6.03. The van der Waals surface area contributed by atoms with E-state index in [1.54, 1.807) is 24.3 Å². The summed E-state index contributed by atoms with van der Waals surface area (Å²) in [6.45, 7) is 3.23. The van der Waals surface area contributed by atoms with Crippen LogP contribution in [0.4, 0.5) is 4.39 Å². The number of hydrogen-bond donors (Lipinski definition) is 2. The first-order chi connectivity index (χ1) is 17.5. The molecule has 1 heterocycles. The molecule has 204 valence electrons. The molecule has 1 aromatic rings. The van der Waals surface area contributed by atoms with Crippen LogP contribution in [0.3, 0.4) is 0 Å². The second-order valence-electron chi connectivity index (χ2n) is 9.52. The molecular weight excluding hydrogens is 547 g/mol. The topological polar surface area (TPSA) is 145 Å². The number of Topliss-reactive ketones (excluding diaryl/α,β-unsaturated/α-hetero) is 3. The quantitative estimate of drug-likeness (QED) is 0.148. The third kappa shape index (κ3) is 9.30. The van der Waals surface area contributed by atoms with Crippen LogP contribution >= 0.6 is 15.9 Å². The molecule has 1 aliphatic heterocycles. The van der Waals surface area contributed by atoms with Crippen LogP contribution < -0.4 is 11.5 Å². The largest absolute Gasteiger partial charge is 0.377 e. The predicted octanol–water partition coefficient (Wildman–Crippen LogP) is 2.69. The maximum atomic E-state index is 13.6. The average Bonchev–Trinajstić information content (AvgIpc) is 2.87. The number of rotatable bonds is 14. The lowest BCUT2D eigenvalue weighted by molar-refractivity contribution is -0.152. The molecule has 0 bridgehead atoms. The van der Waals surface area contributed by atoms with Crippen molar-refractivity contribution < 1.29 is 28.3 Å². The van der Waals surface area contributed by atoms with E-state index in [4.69, 9.17) is 16.2 Å². The summed E-state index contributed by atoms with van der Waals surface area (Å²) >= 11 is 3.34. The highest BCUT2D eigenvalue weighted by atomic mass is 79.9. The Morgan fingerprint density at radius 1 is 1.16 bits per heavy atom. The van der Waals surface area contributed by atoms with Gasteiger partial charge in [0.15, 0.2) is 23.3 Å². The summed E-state index contributed by atoms with van der Waals surface area (Å²) in [5.41, 5.74) is 11.1. The van der Waals surface area contributed by atoms with Crippen LogP contribution in [0.5, 0.6) is 0 Å². The van der Waals surface area contributed by atoms with E-state index in [9.17, 15) is 23.6 Å². The van der Waals surface area contributed by atoms with Gasteiger partial charge in [-0.3, -0.25) is 24.2 Å². The van der Waals surface area contributed by atoms with E-state index < -0.39 is 30.3 Å². The number of ketones is 3. The molecule has 0 saturated carbocycles. The van der Waals surface area contributed by atoms with Crippen LogP contribution in [0.25, 0.3) is 0 Å². The van der Waals surface area contributed by atoms with Crippen molar-refractivity contribution in [2.75, 3.05) is 33.0 Å². The van der Waals surface area contributed by atoms with Crippen molar-refractivity contribution in [3.63, 3.8) is 0 Å². The number of nitrogens with zero attached hydrogens (tertiary/aromatic N) is 2. The third-order valence-electron chi connectivity index (χ3n) is 6.52. The lowest BCUT2D eigenvalue weighted by atomic mass is 9.86. The van der Waals surface area contributed by atoms with Crippen molar-refractivity contribution in [1.29, 1.82) is 0 Å². The minimum absolute atomic E-state index is 0.00412. The van der Waals surface area contributed by atoms with E-state index in [0.717, 1.165) is 4.47 Å². The van der Waals surface area contributed by atoms with Gasteiger partial charge in [0, 0.05) is 47.8 Å². The SMILES string of the molecule is CC(C)[C@H](CC(=O)c1ccc(Br)cc1)C(=O)N1CCOC[C@H]1C(=O)C[C@@H](CCCN=C(N)N)C(=O)CF. The van der Waals surface area contributed by atoms with Gasteiger partial charge in [0.1, 0.15) is 12.7 Å². The second-order valence-corrected chi connectivity index (χ2v) is 10.4. The van der Waals surface area contributed by atoms with Crippen molar-refractivity contribution in [2.45, 2.75) is 45.6 Å². The predicted molar refractivity (Wildman–Crippen MR) is 142 cm³/mol. The molecule has 1 saturated heterocycles. The third-order valence-corrected chi connectivity index (χ3v) is 7.05. The van der Waals surface area contributed by atoms with E-state index in [1.165, 1.54) is 4.90 Å². The molecule has 0 radical (unpaired) electrons. The van der Waals surface area contributed by atoms with Crippen molar-refractivity contribution in [3.8, 4) is 0 Å². The van der Waals surface area contributed by atoms with Gasteiger partial charge >= 0.3 is 0 Å². The zero-order valence-electron chi connectivity index (χ0n) is 21.3. The Morgan fingerprint density at radius 3 is 2.43 bits per heavy atom. The van der Waals surface area contributed by atoms with Crippen LogP contribution in [0.2, 0.25) is 0 Å². The number of morpholine rings is 1. The van der Waals surface area contributed by atoms with Crippen molar-refractivity contribution in [2.24, 2.45) is 34.2 Å². The Morgan fingerprint density at radius 2 is 1.84 bits per heavy atom. The maximum absolute atomic E-state index is 13.6. The normalized spacial score (nSPS) is 17.2. The van der Waals surface area contributed by atoms with E-state index >= 15 is 0 Å². The molecule has 1 fully saturated rings. The fourth-order valence-electron chi connectivity index (χ4n) is 4.32. The average molecular weight is 583 g/mol. The van der Waals surface area contributed by atoms with Crippen LogP contribution in [0.15, 0.2) is 33.7 Å². The van der Waals surface area contributed by atoms with E-state index in [2.05, 4.69) is 20.9 Å². The van der Waals surface area contributed by atoms with Crippen LogP contribution in [-0.2, 0) is 19.1 Å². The van der Waals surface area contributed by atoms with Crippen LogP contribution in [-0.4, -0.2) is 73.1 Å². The fourth-order valence-corrected chi connectivity index (χ4v) is 4.58. The van der Waals surface area contributed by atoms with Crippen molar-refractivity contribution >= 4 is 45.1 Å². The van der Waals surface area contributed by atoms with Crippen molar-refractivity contribution in [1.82, 2.24) is 4.90 Å². The Hall–Kier alpha value is -2.66. The molecule has 0 unspecified atom stereocenters. The van der Waals surface area contributed by atoms with E-state index in [0.29, 0.717) is 12.0 Å². The summed E-state index contributed by atoms with van der Waals surface area (Å²) in [7, 11) is 0. The number of nitrogens with two attached hydrogens (primary N) is 2. The molecule has 1 aromatic carbocycles. The zero-order chi connectivity index (χ0) is 27.5. The Labute approximate surface area is 225 Å². The summed E-state index contributed by atoms with van der Waals surface area (Å²) < 4.78 is 19.5. The molecule has 0 aromatic heterocycles. The maximum Gasteiger partial charge on any atom is 0.227 e. The fraction of sp³-hybridized carbons (Fsp3) is 0.577. The summed E-state index contributed by atoms with van der Waals surface area (Å²) in [4.78, 5) is 57.3. The summed E-state index contributed by atoms with van der Waals surface area (Å²) in [5.74, 6) is -3.22. The molecule has 3 atom stereocenters. The van der Waals surface area contributed by atoms with Gasteiger partial charge < -0.3 is 21.1 Å². The molecule has 11 heteroatoms. The zero-order valence-corrected chi connectivity index (χ0v) is 22.9. The number of amides is 1. The minimum atomic E-state index is -1.18. The Bertz CT molecular complexity index is 982. The number of guanidine groups is 1. The van der Waals surface area contributed by atoms with Crippen molar-refractivity contribution in [3.05, 3.63) is 34.3 Å². The molecule has 2 rings (SSSR count). The van der Waals surface area contributed by atoms with Gasteiger partial charge in [0.2, 0.25) is 5.91 Å². The number of alkyl halides is 1. The highest BCUT2D eigenvalue weighted by Crippen LogP contribution is 2.25. The van der Waals surface area contributed by atoms with Gasteiger partial charge in [0.25, 0.3) is 0 Å². The first-order valence-electron chi connectivity index (χ1n) is 12.4. The molecule has 9 nitrogen and oxygen atoms in total. The Kier molecular flexibility index (Phi) is 12.3. The molecular formula is C26H36BrFN4O5. The highest BCUT2D eigenvalue weighted by molar-refractivity contribution is 9.10. The van der Waals surface area contributed by atoms with E-state index in [1.807, 2.05) is 13.8 Å². The number of ether oxygens (including phenoxy) is 1. The monoisotopic (exact) mass is 582 g/mol. The van der Waals surface area contributed by atoms with Gasteiger partial charge in [-0.15, -0.1) is 0 Å². The molecule has 0 aliphatic carbocycles. The van der Waals surface area contributed by atoms with Gasteiger partial charge in [-0.2, -0.15) is 0 Å². The lowest BCUT2D eigenvalue weighted by Gasteiger charge is -2.38. The molecule has 4 N–H and O–H groups in total. The first-order valence-corrected chi connectivity index (χ1v) is 13.2. The number of hydrogen-bond acceptors (Lipinski definition) is 6. The molecule has 0 spiro atoms. The van der Waals surface area contributed by atoms with Gasteiger partial charge in [-0.25, -0.2) is 4.39 Å². The highest BCUT2D eigenvalue weighted by Gasteiger charge is 2.38.